The van der Waals surface area contributed by atoms with E-state index in [2.05, 4.69) is 15.3 Å². The molecule has 0 saturated carbocycles. The number of nitrogens with zero attached hydrogens (tertiary/aromatic N) is 1. The largest absolute Gasteiger partial charge is 0.353 e. The number of nitrogens with one attached hydrogen (secondary N) is 2. The minimum absolute atomic E-state index is 0.201. The Morgan fingerprint density at radius 1 is 1.21 bits per heavy atom. The molecule has 2 aromatic carbocycles. The van der Waals surface area contributed by atoms with E-state index >= 15 is 0 Å². The van der Waals surface area contributed by atoms with Crippen molar-refractivity contribution < 1.29 is 13.6 Å². The molecular weight excluding hydrogens is 312 g/mol. The van der Waals surface area contributed by atoms with Crippen molar-refractivity contribution in [2.45, 2.75) is 19.0 Å². The van der Waals surface area contributed by atoms with E-state index in [1.807, 2.05) is 24.3 Å². The maximum atomic E-state index is 14.7. The number of benzene rings is 2. The van der Waals surface area contributed by atoms with Crippen molar-refractivity contribution in [2.24, 2.45) is 0 Å². The number of aromatic amines is 1. The zero-order valence-corrected chi connectivity index (χ0v) is 13.1. The first-order valence-electron chi connectivity index (χ1n) is 7.64. The summed E-state index contributed by atoms with van der Waals surface area (Å²) in [6.07, 6.45) is 0.424. The van der Waals surface area contributed by atoms with Crippen molar-refractivity contribution in [1.82, 2.24) is 15.3 Å². The number of hydrogen-bond acceptors (Lipinski definition) is 2. The van der Waals surface area contributed by atoms with E-state index in [-0.39, 0.29) is 12.1 Å². The van der Waals surface area contributed by atoms with Crippen LogP contribution in [-0.2, 0) is 16.9 Å². The van der Waals surface area contributed by atoms with Crippen molar-refractivity contribution >= 4 is 16.9 Å². The predicted molar refractivity (Wildman–Crippen MR) is 87.7 cm³/mol. The van der Waals surface area contributed by atoms with Gasteiger partial charge in [-0.3, -0.25) is 4.79 Å². The molecular formula is C18H17F2N3O. The third-order valence-electron chi connectivity index (χ3n) is 3.89. The highest BCUT2D eigenvalue weighted by Gasteiger charge is 2.37. The van der Waals surface area contributed by atoms with Crippen molar-refractivity contribution in [3.8, 4) is 0 Å². The number of para-hydroxylation sites is 2. The van der Waals surface area contributed by atoms with Crippen molar-refractivity contribution in [2.75, 3.05) is 6.54 Å². The van der Waals surface area contributed by atoms with Gasteiger partial charge in [0, 0.05) is 18.5 Å². The molecule has 6 heteroatoms. The highest BCUT2D eigenvalue weighted by Crippen LogP contribution is 2.27. The summed E-state index contributed by atoms with van der Waals surface area (Å²) >= 11 is 0. The number of fused-ring (bicyclic) bond motifs is 1. The van der Waals surface area contributed by atoms with Crippen molar-refractivity contribution in [3.05, 3.63) is 65.7 Å². The topological polar surface area (TPSA) is 57.8 Å². The van der Waals surface area contributed by atoms with E-state index < -0.39 is 17.4 Å². The Morgan fingerprint density at radius 3 is 2.67 bits per heavy atom. The lowest BCUT2D eigenvalue weighted by atomic mass is 9.96. The first kappa shape index (κ1) is 16.1. The normalized spacial score (nSPS) is 13.6. The van der Waals surface area contributed by atoms with E-state index in [0.29, 0.717) is 12.2 Å². The van der Waals surface area contributed by atoms with Gasteiger partial charge >= 0.3 is 0 Å². The number of amides is 1. The van der Waals surface area contributed by atoms with E-state index in [1.54, 1.807) is 0 Å². The summed E-state index contributed by atoms with van der Waals surface area (Å²) in [6, 6.07) is 12.9. The average Bonchev–Trinajstić information content (AvgIpc) is 2.97. The second kappa shape index (κ2) is 6.39. The van der Waals surface area contributed by atoms with E-state index in [1.165, 1.54) is 18.2 Å². The zero-order valence-electron chi connectivity index (χ0n) is 13.1. The van der Waals surface area contributed by atoms with Gasteiger partial charge in [0.1, 0.15) is 11.6 Å². The second-order valence-corrected chi connectivity index (χ2v) is 5.69. The smallest absolute Gasteiger partial charge is 0.262 e. The number of carbonyl (C=O) groups is 1. The minimum atomic E-state index is -2.43. The quantitative estimate of drug-likeness (QED) is 0.755. The van der Waals surface area contributed by atoms with Gasteiger partial charge in [-0.05, 0) is 25.1 Å². The molecule has 1 atom stereocenters. The lowest BCUT2D eigenvalue weighted by Gasteiger charge is -2.20. The molecule has 1 amide bonds. The van der Waals surface area contributed by atoms with Gasteiger partial charge in [0.2, 0.25) is 5.67 Å². The fourth-order valence-corrected chi connectivity index (χ4v) is 2.55. The number of aromatic nitrogens is 2. The van der Waals surface area contributed by atoms with Crippen LogP contribution in [0.4, 0.5) is 8.78 Å². The highest BCUT2D eigenvalue weighted by atomic mass is 19.1. The molecule has 0 spiro atoms. The maximum Gasteiger partial charge on any atom is 0.262 e. The summed E-state index contributed by atoms with van der Waals surface area (Å²) in [5, 5.41) is 2.50. The summed E-state index contributed by atoms with van der Waals surface area (Å²) in [6.45, 7) is 1.26. The van der Waals surface area contributed by atoms with Crippen LogP contribution in [0.1, 0.15) is 18.3 Å². The number of halogens is 2. The Bertz CT molecular complexity index is 840. The Kier molecular flexibility index (Phi) is 4.29. The van der Waals surface area contributed by atoms with Crippen LogP contribution in [0.25, 0.3) is 11.0 Å². The number of imidazole rings is 1. The van der Waals surface area contributed by atoms with Gasteiger partial charge in [-0.1, -0.05) is 30.3 Å². The summed E-state index contributed by atoms with van der Waals surface area (Å²) in [5.74, 6) is -0.915. The molecule has 2 N–H and O–H groups in total. The van der Waals surface area contributed by atoms with Crippen LogP contribution < -0.4 is 5.32 Å². The first-order valence-corrected chi connectivity index (χ1v) is 7.64. The van der Waals surface area contributed by atoms with Gasteiger partial charge in [-0.25, -0.2) is 13.8 Å². The standard InChI is InChI=1S/C18H17F2N3O/c1-18(20,12-6-2-3-7-13(12)19)17(24)21-11-10-16-22-14-8-4-5-9-15(14)23-16/h2-9H,10-11H2,1H3,(H,21,24)(H,22,23). The van der Waals surface area contributed by atoms with Gasteiger partial charge in [0.25, 0.3) is 5.91 Å². The Morgan fingerprint density at radius 2 is 1.92 bits per heavy atom. The molecule has 4 nitrogen and oxygen atoms in total. The Hall–Kier alpha value is -2.76. The summed E-state index contributed by atoms with van der Waals surface area (Å²) in [4.78, 5) is 19.6. The second-order valence-electron chi connectivity index (χ2n) is 5.69. The molecule has 3 rings (SSSR count). The van der Waals surface area contributed by atoms with E-state index in [9.17, 15) is 13.6 Å². The van der Waals surface area contributed by atoms with Gasteiger partial charge < -0.3 is 10.3 Å². The molecule has 124 valence electrons. The molecule has 1 aromatic heterocycles. The molecule has 1 unspecified atom stereocenters. The van der Waals surface area contributed by atoms with Crippen molar-refractivity contribution in [1.29, 1.82) is 0 Å². The number of alkyl halides is 1. The van der Waals surface area contributed by atoms with Crippen LogP contribution in [0.5, 0.6) is 0 Å². The lowest BCUT2D eigenvalue weighted by Crippen LogP contribution is -2.40. The van der Waals surface area contributed by atoms with Crippen LogP contribution >= 0.6 is 0 Å². The molecule has 0 aliphatic heterocycles. The molecule has 0 aliphatic rings. The van der Waals surface area contributed by atoms with E-state index in [0.717, 1.165) is 24.0 Å². The van der Waals surface area contributed by atoms with Crippen LogP contribution in [0, 0.1) is 5.82 Å². The molecule has 24 heavy (non-hydrogen) atoms. The monoisotopic (exact) mass is 329 g/mol. The molecule has 0 fully saturated rings. The summed E-state index contributed by atoms with van der Waals surface area (Å²) in [5.41, 5.74) is -0.966. The number of rotatable bonds is 5. The van der Waals surface area contributed by atoms with Gasteiger partial charge in [0.05, 0.1) is 11.0 Å². The molecule has 0 saturated heterocycles. The van der Waals surface area contributed by atoms with Gasteiger partial charge in [-0.15, -0.1) is 0 Å². The van der Waals surface area contributed by atoms with Crippen LogP contribution in [-0.4, -0.2) is 22.4 Å². The molecule has 3 aromatic rings. The minimum Gasteiger partial charge on any atom is -0.353 e. The average molecular weight is 329 g/mol. The molecule has 1 heterocycles. The number of H-pyrrole nitrogens is 1. The molecule has 0 radical (unpaired) electrons. The zero-order chi connectivity index (χ0) is 17.2. The van der Waals surface area contributed by atoms with Gasteiger partial charge in [-0.2, -0.15) is 0 Å². The first-order chi connectivity index (χ1) is 11.5. The molecule has 0 aliphatic carbocycles. The van der Waals surface area contributed by atoms with Crippen molar-refractivity contribution in [3.63, 3.8) is 0 Å². The number of carbonyl (C=O) groups excluding carboxylic acids is 1. The Balaban J connectivity index is 1.63. The van der Waals surface area contributed by atoms with E-state index in [4.69, 9.17) is 0 Å². The predicted octanol–water partition coefficient (Wildman–Crippen LogP) is 3.25. The molecule has 0 bridgehead atoms. The number of hydrogen-bond donors (Lipinski definition) is 2. The third-order valence-corrected chi connectivity index (χ3v) is 3.89. The van der Waals surface area contributed by atoms with Crippen LogP contribution in [0.15, 0.2) is 48.5 Å². The van der Waals surface area contributed by atoms with Gasteiger partial charge in [0.15, 0.2) is 0 Å². The lowest BCUT2D eigenvalue weighted by molar-refractivity contribution is -0.132. The van der Waals surface area contributed by atoms with Crippen LogP contribution in [0.2, 0.25) is 0 Å². The third kappa shape index (κ3) is 3.13. The fourth-order valence-electron chi connectivity index (χ4n) is 2.55. The fraction of sp³-hybridized carbons (Fsp3) is 0.222. The maximum absolute atomic E-state index is 14.7. The highest BCUT2D eigenvalue weighted by molar-refractivity contribution is 5.86. The summed E-state index contributed by atoms with van der Waals surface area (Å²) in [7, 11) is 0. The van der Waals surface area contributed by atoms with Crippen LogP contribution in [0.3, 0.4) is 0 Å². The SMILES string of the molecule is CC(F)(C(=O)NCCc1nc2ccccc2[nH]1)c1ccccc1F. The summed E-state index contributed by atoms with van der Waals surface area (Å²) < 4.78 is 28.4. The Labute approximate surface area is 137 Å².